The van der Waals surface area contributed by atoms with Gasteiger partial charge in [0.15, 0.2) is 0 Å². The molecule has 0 aliphatic carbocycles. The third-order valence-corrected chi connectivity index (χ3v) is 14.4. The number of phenols is 6. The van der Waals surface area contributed by atoms with Crippen molar-refractivity contribution in [2.24, 2.45) is 30.0 Å². The Balaban J connectivity index is 0.000000188. The lowest BCUT2D eigenvalue weighted by Gasteiger charge is -2.25. The number of aromatic hydroxyl groups is 6. The predicted molar refractivity (Wildman–Crippen MR) is 374 cm³/mol. The minimum atomic E-state index is 0.177. The molecule has 0 aliphatic heterocycles. The zero-order chi connectivity index (χ0) is 63.4. The number of hydrogen-bond acceptors (Lipinski definition) is 14. The van der Waals surface area contributed by atoms with Crippen molar-refractivity contribution in [1.29, 1.82) is 0 Å². The summed E-state index contributed by atoms with van der Waals surface area (Å²) >= 11 is 0. The van der Waals surface area contributed by atoms with Gasteiger partial charge in [0, 0.05) is 105 Å². The zero-order valence-electron chi connectivity index (χ0n) is 49.4. The molecule has 0 saturated carbocycles. The van der Waals surface area contributed by atoms with E-state index in [1.165, 1.54) is 0 Å². The molecule has 0 unspecified atom stereocenters. The Labute approximate surface area is 532 Å². The summed E-state index contributed by atoms with van der Waals surface area (Å²) in [5.41, 5.74) is 13.8. The second kappa shape index (κ2) is 29.6. The van der Waals surface area contributed by atoms with Crippen molar-refractivity contribution in [1.82, 2.24) is 0 Å². The summed E-state index contributed by atoms with van der Waals surface area (Å²) in [7, 11) is 0. The first-order valence-electron chi connectivity index (χ1n) is 29.2. The molecule has 6 N–H and O–H groups in total. The first-order chi connectivity index (χ1) is 45.1. The topological polar surface area (TPSA) is 202 Å². The molecular weight excluding hydrogens is 1140 g/mol. The minimum Gasteiger partial charge on any atom is -0.507 e. The smallest absolute Gasteiger partial charge is 0.124 e. The van der Waals surface area contributed by atoms with Crippen LogP contribution in [0.4, 0.5) is 68.2 Å². The summed E-state index contributed by atoms with van der Waals surface area (Å²) in [6, 6.07) is 89.4. The highest BCUT2D eigenvalue weighted by Gasteiger charge is 2.15. The Morgan fingerprint density at radius 3 is 0.435 bits per heavy atom. The number of rotatable bonds is 18. The highest BCUT2D eigenvalue weighted by atomic mass is 16.3. The van der Waals surface area contributed by atoms with Gasteiger partial charge in [0.05, 0.1) is 34.1 Å². The van der Waals surface area contributed by atoms with Gasteiger partial charge >= 0.3 is 0 Å². The van der Waals surface area contributed by atoms with Crippen LogP contribution < -0.4 is 9.80 Å². The molecule has 0 saturated heterocycles. The van der Waals surface area contributed by atoms with E-state index >= 15 is 0 Å². The number of nitrogens with zero attached hydrogens (tertiary/aromatic N) is 8. The van der Waals surface area contributed by atoms with Gasteiger partial charge in [-0.3, -0.25) is 30.0 Å². The van der Waals surface area contributed by atoms with Crippen molar-refractivity contribution < 1.29 is 30.6 Å². The summed E-state index contributed by atoms with van der Waals surface area (Å²) in [6.07, 6.45) is 9.86. The standard InChI is InChI=1S/2C39H30N4O3/c2*44-37-10-4-1-7-28(37)25-40-31-13-19-34(20-14-31)43(35-21-15-32(16-22-35)41-26-29-8-2-5-11-38(29)45)36-23-17-33(18-24-36)42-27-30-9-3-6-12-39(30)46/h2*1-27,44-46H. The van der Waals surface area contributed by atoms with Gasteiger partial charge in [-0.25, -0.2) is 0 Å². The summed E-state index contributed by atoms with van der Waals surface area (Å²) in [4.78, 5) is 31.5. The van der Waals surface area contributed by atoms with Crippen LogP contribution in [0, 0.1) is 0 Å². The summed E-state index contributed by atoms with van der Waals surface area (Å²) in [5.74, 6) is 1.06. The van der Waals surface area contributed by atoms with Crippen LogP contribution in [0.1, 0.15) is 33.4 Å². The van der Waals surface area contributed by atoms with E-state index in [4.69, 9.17) is 0 Å². The fraction of sp³-hybridized carbons (Fsp3) is 0. The van der Waals surface area contributed by atoms with Crippen molar-refractivity contribution in [3.63, 3.8) is 0 Å². The molecule has 0 aromatic heterocycles. The Morgan fingerprint density at radius 1 is 0.174 bits per heavy atom. The Morgan fingerprint density at radius 2 is 0.304 bits per heavy atom. The normalized spacial score (nSPS) is 11.5. The lowest BCUT2D eigenvalue weighted by Crippen LogP contribution is -2.09. The van der Waals surface area contributed by atoms with Crippen molar-refractivity contribution in [2.75, 3.05) is 9.80 Å². The fourth-order valence-electron chi connectivity index (χ4n) is 9.47. The van der Waals surface area contributed by atoms with Crippen LogP contribution >= 0.6 is 0 Å². The molecule has 92 heavy (non-hydrogen) atoms. The van der Waals surface area contributed by atoms with Crippen molar-refractivity contribution >= 4 is 106 Å². The van der Waals surface area contributed by atoms with Gasteiger partial charge in [0.25, 0.3) is 0 Å². The SMILES string of the molecule is Oc1ccccc1C=Nc1ccc(N(c2ccc(N=Cc3ccccc3O)cc2)c2ccc(N=Cc3ccccc3O)cc2)cc1.Oc1ccccc1C=Nc1ccc(N(c2ccc(N=Cc3ccccc3O)cc2)c2ccc(N=Cc3ccccc3O)cc2)cc1. The molecule has 448 valence electrons. The number of phenolic OH excluding ortho intramolecular Hbond substituents is 6. The number of aliphatic imine (C=N–C) groups is 6. The molecule has 0 heterocycles. The molecule has 12 aromatic carbocycles. The zero-order valence-corrected chi connectivity index (χ0v) is 49.4. The lowest BCUT2D eigenvalue weighted by atomic mass is 10.1. The maximum absolute atomic E-state index is 10.1. The molecule has 0 spiro atoms. The quantitative estimate of drug-likeness (QED) is 0.0455. The van der Waals surface area contributed by atoms with Crippen LogP contribution in [0.25, 0.3) is 0 Å². The highest BCUT2D eigenvalue weighted by Crippen LogP contribution is 2.39. The van der Waals surface area contributed by atoms with Crippen LogP contribution in [0.2, 0.25) is 0 Å². The monoisotopic (exact) mass is 1200 g/mol. The van der Waals surface area contributed by atoms with Crippen molar-refractivity contribution in [3.8, 4) is 34.5 Å². The summed E-state index contributed by atoms with van der Waals surface area (Å²) in [5, 5.41) is 60.4. The van der Waals surface area contributed by atoms with E-state index in [0.717, 1.165) is 68.2 Å². The molecule has 0 aliphatic rings. The van der Waals surface area contributed by atoms with Crippen molar-refractivity contribution in [3.05, 3.63) is 325 Å². The summed E-state index contributed by atoms with van der Waals surface area (Å²) < 4.78 is 0. The van der Waals surface area contributed by atoms with Gasteiger partial charge in [0.1, 0.15) is 34.5 Å². The van der Waals surface area contributed by atoms with Crippen LogP contribution in [-0.2, 0) is 0 Å². The van der Waals surface area contributed by atoms with Gasteiger partial charge in [0.2, 0.25) is 0 Å². The van der Waals surface area contributed by atoms with Crippen LogP contribution in [0.15, 0.2) is 321 Å². The van der Waals surface area contributed by atoms with Crippen LogP contribution in [0.5, 0.6) is 34.5 Å². The molecule has 0 radical (unpaired) electrons. The number of benzene rings is 12. The molecule has 0 atom stereocenters. The Hall–Kier alpha value is -12.9. The third kappa shape index (κ3) is 16.0. The first-order valence-corrected chi connectivity index (χ1v) is 29.2. The molecule has 0 bridgehead atoms. The highest BCUT2D eigenvalue weighted by molar-refractivity contribution is 5.90. The Kier molecular flexibility index (Phi) is 19.6. The van der Waals surface area contributed by atoms with Gasteiger partial charge in [-0.1, -0.05) is 72.8 Å². The van der Waals surface area contributed by atoms with E-state index in [-0.39, 0.29) is 34.5 Å². The third-order valence-electron chi connectivity index (χ3n) is 14.4. The maximum Gasteiger partial charge on any atom is 0.124 e. The molecule has 0 fully saturated rings. The molecule has 12 aromatic rings. The van der Waals surface area contributed by atoms with E-state index < -0.39 is 0 Å². The van der Waals surface area contributed by atoms with Gasteiger partial charge < -0.3 is 40.4 Å². The molecule has 12 rings (SSSR count). The van der Waals surface area contributed by atoms with E-state index in [9.17, 15) is 30.6 Å². The number of para-hydroxylation sites is 6. The average molecular weight is 1210 g/mol. The number of anilines is 6. The molecule has 14 heteroatoms. The second-order valence-corrected chi connectivity index (χ2v) is 20.7. The van der Waals surface area contributed by atoms with E-state index in [1.54, 1.807) is 110 Å². The van der Waals surface area contributed by atoms with E-state index in [0.29, 0.717) is 33.4 Å². The lowest BCUT2D eigenvalue weighted by molar-refractivity contribution is 0.474. The second-order valence-electron chi connectivity index (χ2n) is 20.7. The largest absolute Gasteiger partial charge is 0.507 e. The maximum atomic E-state index is 10.1. The minimum absolute atomic E-state index is 0.177. The van der Waals surface area contributed by atoms with Crippen LogP contribution in [-0.4, -0.2) is 67.9 Å². The van der Waals surface area contributed by atoms with Crippen LogP contribution in [0.3, 0.4) is 0 Å². The summed E-state index contributed by atoms with van der Waals surface area (Å²) in [6.45, 7) is 0. The fourth-order valence-corrected chi connectivity index (χ4v) is 9.47. The average Bonchev–Trinajstić information content (AvgIpc) is 1.84. The number of hydrogen-bond donors (Lipinski definition) is 6. The van der Waals surface area contributed by atoms with E-state index in [1.807, 2.05) is 218 Å². The molecule has 0 amide bonds. The molecular formula is C78H60N8O6. The van der Waals surface area contributed by atoms with Gasteiger partial charge in [-0.15, -0.1) is 0 Å². The van der Waals surface area contributed by atoms with E-state index in [2.05, 4.69) is 39.8 Å². The predicted octanol–water partition coefficient (Wildman–Crippen LogP) is 19.1. The van der Waals surface area contributed by atoms with Gasteiger partial charge in [-0.2, -0.15) is 0 Å². The van der Waals surface area contributed by atoms with Gasteiger partial charge in [-0.05, 0) is 218 Å². The Bertz CT molecular complexity index is 3860. The van der Waals surface area contributed by atoms with Crippen molar-refractivity contribution in [2.45, 2.75) is 0 Å². The first kappa shape index (κ1) is 60.7. The molecule has 14 nitrogen and oxygen atoms in total.